The normalized spacial score (nSPS) is 23.6. The van der Waals surface area contributed by atoms with E-state index in [1.807, 2.05) is 36.1 Å². The topological polar surface area (TPSA) is 45.2 Å². The molecule has 1 atom stereocenters. The highest BCUT2D eigenvalue weighted by atomic mass is 32.2. The van der Waals surface area contributed by atoms with Gasteiger partial charge >= 0.3 is 0 Å². The van der Waals surface area contributed by atoms with E-state index in [4.69, 9.17) is 0 Å². The summed E-state index contributed by atoms with van der Waals surface area (Å²) < 4.78 is 0. The van der Waals surface area contributed by atoms with Crippen molar-refractivity contribution in [1.29, 1.82) is 0 Å². The molecule has 3 heterocycles. The van der Waals surface area contributed by atoms with Crippen LogP contribution in [-0.2, 0) is 4.79 Å². The predicted octanol–water partition coefficient (Wildman–Crippen LogP) is 1.83. The number of fused-ring (bicyclic) bond motifs is 1. The highest BCUT2D eigenvalue weighted by Crippen LogP contribution is 2.39. The van der Waals surface area contributed by atoms with E-state index < -0.39 is 0 Å². The van der Waals surface area contributed by atoms with Crippen LogP contribution >= 0.6 is 23.1 Å². The molecule has 84 valence electrons. The van der Waals surface area contributed by atoms with Gasteiger partial charge in [-0.25, -0.2) is 4.98 Å². The van der Waals surface area contributed by atoms with Crippen LogP contribution in [0.5, 0.6) is 0 Å². The van der Waals surface area contributed by atoms with Gasteiger partial charge in [0, 0.05) is 25.2 Å². The summed E-state index contributed by atoms with van der Waals surface area (Å²) in [4.78, 5) is 18.6. The molecule has 0 aliphatic carbocycles. The first-order valence-electron chi connectivity index (χ1n) is 5.05. The van der Waals surface area contributed by atoms with E-state index in [1.165, 1.54) is 5.57 Å². The fraction of sp³-hybridized carbons (Fsp3) is 0.400. The summed E-state index contributed by atoms with van der Waals surface area (Å²) in [5, 5.41) is 4.32. The number of hydrogen-bond acceptors (Lipinski definition) is 5. The third-order valence-electron chi connectivity index (χ3n) is 2.71. The van der Waals surface area contributed by atoms with Crippen LogP contribution < -0.4 is 5.32 Å². The first-order valence-corrected chi connectivity index (χ1v) is 6.92. The molecule has 0 aromatic carbocycles. The van der Waals surface area contributed by atoms with Crippen molar-refractivity contribution in [3.8, 4) is 0 Å². The van der Waals surface area contributed by atoms with E-state index >= 15 is 0 Å². The van der Waals surface area contributed by atoms with E-state index in [9.17, 15) is 4.79 Å². The number of carbonyl (C=O) groups excluding carboxylic acids is 1. The molecule has 1 amide bonds. The van der Waals surface area contributed by atoms with E-state index in [0.717, 1.165) is 15.8 Å². The van der Waals surface area contributed by atoms with Crippen molar-refractivity contribution in [3.05, 3.63) is 17.3 Å². The minimum atomic E-state index is 0.230. The van der Waals surface area contributed by atoms with Gasteiger partial charge in [-0.1, -0.05) is 11.3 Å². The first-order chi connectivity index (χ1) is 7.78. The average molecular weight is 253 g/mol. The van der Waals surface area contributed by atoms with Crippen molar-refractivity contribution in [2.24, 2.45) is 0 Å². The number of amides is 1. The lowest BCUT2D eigenvalue weighted by Gasteiger charge is -2.40. The van der Waals surface area contributed by atoms with Crippen LogP contribution in [0.2, 0.25) is 0 Å². The van der Waals surface area contributed by atoms with Crippen molar-refractivity contribution in [3.63, 3.8) is 0 Å². The van der Waals surface area contributed by atoms with E-state index in [1.54, 1.807) is 11.3 Å². The highest BCUT2D eigenvalue weighted by Gasteiger charge is 2.38. The van der Waals surface area contributed by atoms with Crippen LogP contribution in [0.4, 0.5) is 5.13 Å². The van der Waals surface area contributed by atoms with Crippen LogP contribution in [0.3, 0.4) is 0 Å². The Bertz CT molecular complexity index is 468. The van der Waals surface area contributed by atoms with Gasteiger partial charge in [0.2, 0.25) is 5.91 Å². The number of carbonyl (C=O) groups is 1. The molecule has 0 spiro atoms. The number of hydrogen-bond donors (Lipinski definition) is 1. The standard InChI is InChI=1S/C10H11N3OS2/c1-11-10-12-3-7(16-10)6-4-13-8(14)2-9(13)15-5-6/h3-4,9H,2,5H2,1H3,(H,11,12). The third-order valence-corrected chi connectivity index (χ3v) is 5.06. The second kappa shape index (κ2) is 3.78. The summed E-state index contributed by atoms with van der Waals surface area (Å²) >= 11 is 3.46. The van der Waals surface area contributed by atoms with Crippen LogP contribution in [0.15, 0.2) is 12.4 Å². The monoisotopic (exact) mass is 253 g/mol. The van der Waals surface area contributed by atoms with Crippen LogP contribution in [-0.4, -0.2) is 34.0 Å². The van der Waals surface area contributed by atoms with Gasteiger partial charge < -0.3 is 10.2 Å². The zero-order valence-electron chi connectivity index (χ0n) is 8.77. The Balaban J connectivity index is 1.87. The molecule has 1 unspecified atom stereocenters. The Morgan fingerprint density at radius 3 is 3.19 bits per heavy atom. The molecule has 1 saturated heterocycles. The molecule has 1 fully saturated rings. The van der Waals surface area contributed by atoms with Crippen molar-refractivity contribution in [1.82, 2.24) is 9.88 Å². The molecule has 0 radical (unpaired) electrons. The summed E-state index contributed by atoms with van der Waals surface area (Å²) in [6, 6.07) is 0. The van der Waals surface area contributed by atoms with E-state index in [-0.39, 0.29) is 5.91 Å². The summed E-state index contributed by atoms with van der Waals surface area (Å²) in [7, 11) is 1.86. The minimum Gasteiger partial charge on any atom is -0.365 e. The van der Waals surface area contributed by atoms with Gasteiger partial charge in [0.15, 0.2) is 5.13 Å². The van der Waals surface area contributed by atoms with Crippen molar-refractivity contribution in [2.75, 3.05) is 18.1 Å². The van der Waals surface area contributed by atoms with Crippen LogP contribution in [0, 0.1) is 0 Å². The van der Waals surface area contributed by atoms with Gasteiger partial charge in [0.25, 0.3) is 0 Å². The number of β-lactam (4-membered cyclic amide) rings is 1. The predicted molar refractivity (Wildman–Crippen MR) is 67.3 cm³/mol. The summed E-state index contributed by atoms with van der Waals surface area (Å²) in [6.45, 7) is 0. The Morgan fingerprint density at radius 1 is 1.62 bits per heavy atom. The second-order valence-electron chi connectivity index (χ2n) is 3.70. The Kier molecular flexibility index (Phi) is 2.40. The molecule has 2 aliphatic heterocycles. The fourth-order valence-corrected chi connectivity index (χ4v) is 3.83. The third kappa shape index (κ3) is 1.53. The van der Waals surface area contributed by atoms with Crippen molar-refractivity contribution < 1.29 is 4.79 Å². The number of nitrogens with one attached hydrogen (secondary N) is 1. The minimum absolute atomic E-state index is 0.230. The molecular weight excluding hydrogens is 242 g/mol. The highest BCUT2D eigenvalue weighted by molar-refractivity contribution is 8.00. The van der Waals surface area contributed by atoms with Crippen molar-refractivity contribution >= 4 is 39.7 Å². The van der Waals surface area contributed by atoms with Crippen LogP contribution in [0.25, 0.3) is 5.57 Å². The number of anilines is 1. The largest absolute Gasteiger partial charge is 0.365 e. The quantitative estimate of drug-likeness (QED) is 0.817. The molecule has 4 nitrogen and oxygen atoms in total. The van der Waals surface area contributed by atoms with Gasteiger partial charge in [-0.3, -0.25) is 4.79 Å². The number of thiazole rings is 1. The van der Waals surface area contributed by atoms with Gasteiger partial charge in [-0.05, 0) is 5.57 Å². The van der Waals surface area contributed by atoms with Crippen LogP contribution in [0.1, 0.15) is 11.3 Å². The molecule has 1 aromatic rings. The molecule has 0 saturated carbocycles. The van der Waals surface area contributed by atoms with Gasteiger partial charge in [-0.2, -0.15) is 0 Å². The molecule has 1 N–H and O–H groups in total. The smallest absolute Gasteiger partial charge is 0.230 e. The zero-order chi connectivity index (χ0) is 11.1. The van der Waals surface area contributed by atoms with Gasteiger partial charge in [0.1, 0.15) is 0 Å². The zero-order valence-corrected chi connectivity index (χ0v) is 10.4. The maximum Gasteiger partial charge on any atom is 0.230 e. The molecule has 6 heteroatoms. The maximum absolute atomic E-state index is 11.3. The Labute approximate surface area is 102 Å². The molecule has 16 heavy (non-hydrogen) atoms. The van der Waals surface area contributed by atoms with Gasteiger partial charge in [-0.15, -0.1) is 11.8 Å². The average Bonchev–Trinajstić information content (AvgIpc) is 2.76. The number of nitrogens with zero attached hydrogens (tertiary/aromatic N) is 2. The second-order valence-corrected chi connectivity index (χ2v) is 5.90. The number of thioether (sulfide) groups is 1. The summed E-state index contributed by atoms with van der Waals surface area (Å²) in [5.41, 5.74) is 1.20. The summed E-state index contributed by atoms with van der Waals surface area (Å²) in [6.07, 6.45) is 4.55. The number of rotatable bonds is 2. The number of aromatic nitrogens is 1. The Hall–Kier alpha value is -1.01. The van der Waals surface area contributed by atoms with Crippen molar-refractivity contribution in [2.45, 2.75) is 11.8 Å². The lowest BCUT2D eigenvalue weighted by molar-refractivity contribution is -0.137. The first kappa shape index (κ1) is 10.2. The fourth-order valence-electron chi connectivity index (χ4n) is 1.76. The molecule has 0 bridgehead atoms. The molecular formula is C10H11N3OS2. The summed E-state index contributed by atoms with van der Waals surface area (Å²) in [5.74, 6) is 1.20. The van der Waals surface area contributed by atoms with Gasteiger partial charge in [0.05, 0.1) is 16.7 Å². The lowest BCUT2D eigenvalue weighted by atomic mass is 10.2. The molecule has 3 rings (SSSR count). The van der Waals surface area contributed by atoms with E-state index in [2.05, 4.69) is 10.3 Å². The maximum atomic E-state index is 11.3. The SMILES string of the molecule is CNc1ncc(C2=CN3C(=O)CC3SC2)s1. The van der Waals surface area contributed by atoms with E-state index in [0.29, 0.717) is 11.8 Å². The Morgan fingerprint density at radius 2 is 2.50 bits per heavy atom. The molecule has 2 aliphatic rings. The molecule has 1 aromatic heterocycles. The lowest BCUT2D eigenvalue weighted by Crippen LogP contribution is -2.48.